The minimum atomic E-state index is -3.76. The topological polar surface area (TPSA) is 111 Å². The van der Waals surface area contributed by atoms with Gasteiger partial charge in [-0.3, -0.25) is 0 Å². The molecule has 2 aromatic carbocycles. The van der Waals surface area contributed by atoms with Gasteiger partial charge in [-0.25, -0.2) is 18.4 Å². The van der Waals surface area contributed by atoms with Crippen molar-refractivity contribution in [2.24, 2.45) is 5.14 Å². The number of aryl methyl sites for hydroxylation is 1. The van der Waals surface area contributed by atoms with E-state index in [0.717, 1.165) is 11.1 Å². The molecule has 7 nitrogen and oxygen atoms in total. The number of carbonyl (C=O) groups excluding carboxylic acids is 1. The van der Waals surface area contributed by atoms with Crippen molar-refractivity contribution in [2.75, 3.05) is 12.0 Å². The van der Waals surface area contributed by atoms with Crippen LogP contribution in [0, 0.1) is 6.92 Å². The number of hydrogen-bond donors (Lipinski definition) is 3. The molecule has 0 unspecified atom stereocenters. The second-order valence-electron chi connectivity index (χ2n) is 7.24. The summed E-state index contributed by atoms with van der Waals surface area (Å²) >= 11 is 0. The monoisotopic (exact) mass is 391 g/mol. The second kappa shape index (κ2) is 7.98. The van der Waals surface area contributed by atoms with E-state index in [9.17, 15) is 13.2 Å². The third-order valence-electron chi connectivity index (χ3n) is 3.84. The van der Waals surface area contributed by atoms with Crippen LogP contribution < -0.4 is 20.5 Å². The molecule has 0 radical (unpaired) electrons. The van der Waals surface area contributed by atoms with Gasteiger partial charge in [-0.05, 0) is 48.2 Å². The van der Waals surface area contributed by atoms with E-state index in [1.54, 1.807) is 0 Å². The van der Waals surface area contributed by atoms with Gasteiger partial charge in [-0.15, -0.1) is 0 Å². The standard InChI is InChI=1S/C19H25N3O4S/c1-13-5-10-17(16(11-13)19(2,3)4)26-12-21-18(23)22-14-6-8-15(9-7-14)27(20,24)25/h5-11H,12H2,1-4H3,(H2,20,24,25)(H2,21,22,23). The molecule has 0 bridgehead atoms. The van der Waals surface area contributed by atoms with Gasteiger partial charge in [0.05, 0.1) is 4.90 Å². The first-order valence-electron chi connectivity index (χ1n) is 8.38. The number of benzene rings is 2. The normalized spacial score (nSPS) is 11.7. The fourth-order valence-electron chi connectivity index (χ4n) is 2.44. The van der Waals surface area contributed by atoms with Gasteiger partial charge in [0.15, 0.2) is 6.73 Å². The molecule has 0 atom stereocenters. The Balaban J connectivity index is 1.94. The highest BCUT2D eigenvalue weighted by Gasteiger charge is 2.19. The van der Waals surface area contributed by atoms with Gasteiger partial charge in [0, 0.05) is 5.69 Å². The van der Waals surface area contributed by atoms with Crippen molar-refractivity contribution in [3.63, 3.8) is 0 Å². The summed E-state index contributed by atoms with van der Waals surface area (Å²) in [6.45, 7) is 8.30. The molecule has 146 valence electrons. The number of ether oxygens (including phenoxy) is 1. The maximum absolute atomic E-state index is 12.0. The molecule has 0 spiro atoms. The summed E-state index contributed by atoms with van der Waals surface area (Å²) < 4.78 is 28.2. The lowest BCUT2D eigenvalue weighted by atomic mass is 9.85. The Kier molecular flexibility index (Phi) is 6.12. The maximum Gasteiger partial charge on any atom is 0.321 e. The third kappa shape index (κ3) is 5.97. The van der Waals surface area contributed by atoms with Crippen molar-refractivity contribution in [2.45, 2.75) is 38.0 Å². The van der Waals surface area contributed by atoms with E-state index in [2.05, 4.69) is 37.5 Å². The Morgan fingerprint density at radius 3 is 2.30 bits per heavy atom. The summed E-state index contributed by atoms with van der Waals surface area (Å²) in [5.74, 6) is 0.714. The highest BCUT2D eigenvalue weighted by Crippen LogP contribution is 2.31. The number of amides is 2. The molecular weight excluding hydrogens is 366 g/mol. The van der Waals surface area contributed by atoms with Crippen LogP contribution in [0.1, 0.15) is 31.9 Å². The van der Waals surface area contributed by atoms with Crippen molar-refractivity contribution in [3.8, 4) is 5.75 Å². The van der Waals surface area contributed by atoms with Gasteiger partial charge in [0.25, 0.3) is 0 Å². The van der Waals surface area contributed by atoms with E-state index in [1.807, 2.05) is 19.1 Å². The summed E-state index contributed by atoms with van der Waals surface area (Å²) in [5, 5.41) is 10.2. The molecular formula is C19H25N3O4S. The van der Waals surface area contributed by atoms with Crippen LogP contribution in [-0.4, -0.2) is 21.2 Å². The van der Waals surface area contributed by atoms with E-state index >= 15 is 0 Å². The van der Waals surface area contributed by atoms with Crippen molar-refractivity contribution < 1.29 is 17.9 Å². The highest BCUT2D eigenvalue weighted by molar-refractivity contribution is 7.89. The van der Waals surface area contributed by atoms with E-state index in [-0.39, 0.29) is 17.0 Å². The van der Waals surface area contributed by atoms with Crippen molar-refractivity contribution in [3.05, 3.63) is 53.6 Å². The van der Waals surface area contributed by atoms with Gasteiger partial charge in [-0.1, -0.05) is 38.5 Å². The lowest BCUT2D eigenvalue weighted by Gasteiger charge is -2.23. The molecule has 0 aromatic heterocycles. The summed E-state index contributed by atoms with van der Waals surface area (Å²) in [6.07, 6.45) is 0. The Bertz CT molecular complexity index is 917. The molecule has 27 heavy (non-hydrogen) atoms. The number of rotatable bonds is 5. The van der Waals surface area contributed by atoms with Crippen molar-refractivity contribution in [1.82, 2.24) is 5.32 Å². The van der Waals surface area contributed by atoms with E-state index in [1.165, 1.54) is 24.3 Å². The third-order valence-corrected chi connectivity index (χ3v) is 4.77. The SMILES string of the molecule is Cc1ccc(OCNC(=O)Nc2ccc(S(N)(=O)=O)cc2)c(C(C)(C)C)c1. The highest BCUT2D eigenvalue weighted by atomic mass is 32.2. The molecule has 0 saturated carbocycles. The summed E-state index contributed by atoms with van der Waals surface area (Å²) in [4.78, 5) is 12.0. The predicted octanol–water partition coefficient (Wildman–Crippen LogP) is 3.10. The first kappa shape index (κ1) is 20.7. The minimum Gasteiger partial charge on any atom is -0.473 e. The minimum absolute atomic E-state index is 0.00671. The smallest absolute Gasteiger partial charge is 0.321 e. The van der Waals surface area contributed by atoms with Crippen LogP contribution in [0.25, 0.3) is 0 Å². The molecule has 4 N–H and O–H groups in total. The lowest BCUT2D eigenvalue weighted by Crippen LogP contribution is -2.32. The van der Waals surface area contributed by atoms with Crippen LogP contribution in [0.4, 0.5) is 10.5 Å². The van der Waals surface area contributed by atoms with E-state index in [4.69, 9.17) is 9.88 Å². The quantitative estimate of drug-likeness (QED) is 0.680. The predicted molar refractivity (Wildman–Crippen MR) is 105 cm³/mol. The van der Waals surface area contributed by atoms with Gasteiger partial charge in [0.2, 0.25) is 10.0 Å². The molecule has 0 saturated heterocycles. The van der Waals surface area contributed by atoms with E-state index < -0.39 is 16.1 Å². The van der Waals surface area contributed by atoms with Crippen molar-refractivity contribution >= 4 is 21.7 Å². The van der Waals surface area contributed by atoms with Gasteiger partial charge in [0.1, 0.15) is 5.75 Å². The van der Waals surface area contributed by atoms with Crippen LogP contribution in [-0.2, 0) is 15.4 Å². The molecule has 0 fully saturated rings. The number of anilines is 1. The lowest BCUT2D eigenvalue weighted by molar-refractivity contribution is 0.233. The number of urea groups is 1. The number of hydrogen-bond acceptors (Lipinski definition) is 4. The van der Waals surface area contributed by atoms with Gasteiger partial charge < -0.3 is 15.4 Å². The summed E-state index contributed by atoms with van der Waals surface area (Å²) in [5.41, 5.74) is 2.55. The fraction of sp³-hybridized carbons (Fsp3) is 0.316. The second-order valence-corrected chi connectivity index (χ2v) is 8.80. The number of sulfonamides is 1. The largest absolute Gasteiger partial charge is 0.473 e. The zero-order chi connectivity index (χ0) is 20.2. The zero-order valence-electron chi connectivity index (χ0n) is 15.9. The van der Waals surface area contributed by atoms with Crippen LogP contribution in [0.2, 0.25) is 0 Å². The first-order chi connectivity index (χ1) is 12.5. The molecule has 0 aliphatic rings. The van der Waals surface area contributed by atoms with Gasteiger partial charge >= 0.3 is 6.03 Å². The molecule has 0 heterocycles. The molecule has 2 rings (SSSR count). The Morgan fingerprint density at radius 2 is 1.74 bits per heavy atom. The molecule has 0 aliphatic carbocycles. The average Bonchev–Trinajstić information content (AvgIpc) is 2.55. The number of primary sulfonamides is 1. The number of nitrogens with one attached hydrogen (secondary N) is 2. The molecule has 2 amide bonds. The summed E-state index contributed by atoms with van der Waals surface area (Å²) in [6, 6.07) is 11.0. The van der Waals surface area contributed by atoms with Crippen LogP contribution in [0.15, 0.2) is 47.4 Å². The first-order valence-corrected chi connectivity index (χ1v) is 9.93. The fourth-order valence-corrected chi connectivity index (χ4v) is 2.95. The van der Waals surface area contributed by atoms with E-state index in [0.29, 0.717) is 11.4 Å². The molecule has 2 aromatic rings. The zero-order valence-corrected chi connectivity index (χ0v) is 16.7. The molecule has 8 heteroatoms. The average molecular weight is 391 g/mol. The van der Waals surface area contributed by atoms with Crippen molar-refractivity contribution in [1.29, 1.82) is 0 Å². The Morgan fingerprint density at radius 1 is 1.11 bits per heavy atom. The molecule has 0 aliphatic heterocycles. The number of carbonyl (C=O) groups is 1. The Hall–Kier alpha value is -2.58. The van der Waals surface area contributed by atoms with Gasteiger partial charge in [-0.2, -0.15) is 0 Å². The van der Waals surface area contributed by atoms with Crippen LogP contribution in [0.5, 0.6) is 5.75 Å². The Labute approximate surface area is 160 Å². The van der Waals surface area contributed by atoms with Crippen LogP contribution in [0.3, 0.4) is 0 Å². The summed E-state index contributed by atoms with van der Waals surface area (Å²) in [7, 11) is -3.76. The number of nitrogens with two attached hydrogens (primary N) is 1. The van der Waals surface area contributed by atoms with Crippen LogP contribution >= 0.6 is 0 Å². The maximum atomic E-state index is 12.0.